The standard InChI is InChI=1S/C22H40N2O7/c1-15(2)23(19(27)30-21(5,6)7)13-11-17(25)29-18(26)12-14-24(16(3)4)20(28)31-22(8,9)10/h15-16H,11-14H2,1-10H3. The number of hydrogen-bond donors (Lipinski definition) is 0. The summed E-state index contributed by atoms with van der Waals surface area (Å²) in [5, 5.41) is 0. The van der Waals surface area contributed by atoms with E-state index in [0.717, 1.165) is 0 Å². The number of ether oxygens (including phenoxy) is 3. The molecule has 0 heterocycles. The second-order valence-corrected chi connectivity index (χ2v) is 9.88. The lowest BCUT2D eigenvalue weighted by Gasteiger charge is -2.30. The molecule has 0 aromatic carbocycles. The van der Waals surface area contributed by atoms with Gasteiger partial charge < -0.3 is 24.0 Å². The Hall–Kier alpha value is -2.32. The monoisotopic (exact) mass is 444 g/mol. The number of carbonyl (C=O) groups excluding carboxylic acids is 4. The zero-order valence-electron chi connectivity index (χ0n) is 20.7. The van der Waals surface area contributed by atoms with Gasteiger partial charge in [0.1, 0.15) is 11.2 Å². The van der Waals surface area contributed by atoms with Crippen molar-refractivity contribution in [3.63, 3.8) is 0 Å². The third-order valence-corrected chi connectivity index (χ3v) is 3.84. The number of esters is 2. The van der Waals surface area contributed by atoms with Crippen LogP contribution in [0.3, 0.4) is 0 Å². The SMILES string of the molecule is CC(C)N(CCC(=O)OC(=O)CCN(C(=O)OC(C)(C)C)C(C)C)C(=O)OC(C)(C)C. The summed E-state index contributed by atoms with van der Waals surface area (Å²) in [5.41, 5.74) is -1.31. The van der Waals surface area contributed by atoms with Crippen molar-refractivity contribution >= 4 is 24.1 Å². The van der Waals surface area contributed by atoms with E-state index in [1.807, 2.05) is 0 Å². The summed E-state index contributed by atoms with van der Waals surface area (Å²) in [6.45, 7) is 17.9. The first-order valence-corrected chi connectivity index (χ1v) is 10.7. The molecule has 0 saturated carbocycles. The second-order valence-electron chi connectivity index (χ2n) is 9.88. The normalized spacial score (nSPS) is 11.9. The smallest absolute Gasteiger partial charge is 0.410 e. The van der Waals surface area contributed by atoms with Crippen LogP contribution in [0.15, 0.2) is 0 Å². The molecule has 0 rings (SSSR count). The Bertz CT molecular complexity index is 577. The van der Waals surface area contributed by atoms with Crippen LogP contribution in [0.2, 0.25) is 0 Å². The molecule has 0 bridgehead atoms. The van der Waals surface area contributed by atoms with Gasteiger partial charge in [0.05, 0.1) is 12.8 Å². The van der Waals surface area contributed by atoms with Crippen LogP contribution in [0.25, 0.3) is 0 Å². The Kier molecular flexibility index (Phi) is 11.0. The third-order valence-electron chi connectivity index (χ3n) is 3.84. The minimum Gasteiger partial charge on any atom is -0.444 e. The Balaban J connectivity index is 4.69. The molecule has 0 aromatic rings. The first-order chi connectivity index (χ1) is 13.9. The number of rotatable bonds is 8. The van der Waals surface area contributed by atoms with E-state index < -0.39 is 35.3 Å². The summed E-state index contributed by atoms with van der Waals surface area (Å²) in [6, 6.07) is -0.376. The summed E-state index contributed by atoms with van der Waals surface area (Å²) in [7, 11) is 0. The molecule has 0 radical (unpaired) electrons. The molecule has 0 unspecified atom stereocenters. The largest absolute Gasteiger partial charge is 0.444 e. The van der Waals surface area contributed by atoms with Crippen molar-refractivity contribution in [2.24, 2.45) is 0 Å². The molecule has 0 aliphatic carbocycles. The van der Waals surface area contributed by atoms with Crippen LogP contribution in [0, 0.1) is 0 Å². The lowest BCUT2D eigenvalue weighted by Crippen LogP contribution is -2.42. The van der Waals surface area contributed by atoms with Gasteiger partial charge in [0.2, 0.25) is 0 Å². The van der Waals surface area contributed by atoms with Gasteiger partial charge in [-0.15, -0.1) is 0 Å². The quantitative estimate of drug-likeness (QED) is 0.315. The van der Waals surface area contributed by atoms with Crippen molar-refractivity contribution in [1.82, 2.24) is 9.80 Å². The van der Waals surface area contributed by atoms with E-state index in [9.17, 15) is 19.2 Å². The number of carbonyl (C=O) groups is 4. The van der Waals surface area contributed by atoms with Gasteiger partial charge in [-0.25, -0.2) is 9.59 Å². The molecule has 0 fully saturated rings. The summed E-state index contributed by atoms with van der Waals surface area (Å²) < 4.78 is 15.5. The molecular formula is C22H40N2O7. The van der Waals surface area contributed by atoms with Crippen molar-refractivity contribution in [3.8, 4) is 0 Å². The summed E-state index contributed by atoms with van der Waals surface area (Å²) in [5.74, 6) is -1.49. The highest BCUT2D eigenvalue weighted by Gasteiger charge is 2.27. The van der Waals surface area contributed by atoms with Crippen molar-refractivity contribution < 1.29 is 33.4 Å². The highest BCUT2D eigenvalue weighted by atomic mass is 16.6. The van der Waals surface area contributed by atoms with Crippen LogP contribution in [0.1, 0.15) is 82.1 Å². The van der Waals surface area contributed by atoms with Crippen molar-refractivity contribution in [3.05, 3.63) is 0 Å². The van der Waals surface area contributed by atoms with E-state index in [1.165, 1.54) is 9.80 Å². The van der Waals surface area contributed by atoms with Gasteiger partial charge in [0.15, 0.2) is 0 Å². The van der Waals surface area contributed by atoms with Gasteiger partial charge in [-0.05, 0) is 69.2 Å². The van der Waals surface area contributed by atoms with Gasteiger partial charge in [-0.2, -0.15) is 0 Å². The first kappa shape index (κ1) is 28.7. The van der Waals surface area contributed by atoms with Gasteiger partial charge in [-0.3, -0.25) is 9.59 Å². The maximum atomic E-state index is 12.3. The molecular weight excluding hydrogens is 404 g/mol. The minimum atomic E-state index is -0.743. The predicted molar refractivity (Wildman–Crippen MR) is 116 cm³/mol. The van der Waals surface area contributed by atoms with E-state index in [1.54, 1.807) is 69.2 Å². The van der Waals surface area contributed by atoms with Crippen molar-refractivity contribution in [2.45, 2.75) is 105 Å². The van der Waals surface area contributed by atoms with Crippen LogP contribution >= 0.6 is 0 Å². The highest BCUT2D eigenvalue weighted by molar-refractivity contribution is 5.86. The van der Waals surface area contributed by atoms with Gasteiger partial charge >= 0.3 is 24.1 Å². The molecule has 0 atom stereocenters. The zero-order valence-corrected chi connectivity index (χ0v) is 20.7. The molecule has 31 heavy (non-hydrogen) atoms. The predicted octanol–water partition coefficient (Wildman–Crippen LogP) is 4.13. The van der Waals surface area contributed by atoms with Crippen LogP contribution in [-0.4, -0.2) is 70.3 Å². The topological polar surface area (TPSA) is 102 Å². The summed E-state index contributed by atoms with van der Waals surface area (Å²) in [6.07, 6.45) is -1.37. The average molecular weight is 445 g/mol. The average Bonchev–Trinajstić information content (AvgIpc) is 2.50. The molecule has 0 spiro atoms. The Morgan fingerprint density at radius 2 is 0.935 bits per heavy atom. The van der Waals surface area contributed by atoms with E-state index in [2.05, 4.69) is 0 Å². The van der Waals surface area contributed by atoms with Gasteiger partial charge in [-0.1, -0.05) is 0 Å². The maximum Gasteiger partial charge on any atom is 0.410 e. The lowest BCUT2D eigenvalue weighted by atomic mass is 10.2. The Morgan fingerprint density at radius 1 is 0.645 bits per heavy atom. The fourth-order valence-electron chi connectivity index (χ4n) is 2.41. The molecule has 0 saturated heterocycles. The first-order valence-electron chi connectivity index (χ1n) is 10.7. The summed E-state index contributed by atoms with van der Waals surface area (Å²) in [4.78, 5) is 51.5. The van der Waals surface area contributed by atoms with Crippen molar-refractivity contribution in [1.29, 1.82) is 0 Å². The third kappa shape index (κ3) is 12.9. The fraction of sp³-hybridized carbons (Fsp3) is 0.818. The molecule has 0 N–H and O–H groups in total. The van der Waals surface area contributed by atoms with E-state index in [0.29, 0.717) is 0 Å². The highest BCUT2D eigenvalue weighted by Crippen LogP contribution is 2.14. The Labute approximate surface area is 186 Å². The lowest BCUT2D eigenvalue weighted by molar-refractivity contribution is -0.159. The van der Waals surface area contributed by atoms with Crippen LogP contribution in [0.5, 0.6) is 0 Å². The van der Waals surface area contributed by atoms with Gasteiger partial charge in [0, 0.05) is 25.2 Å². The van der Waals surface area contributed by atoms with Crippen LogP contribution in [0.4, 0.5) is 9.59 Å². The van der Waals surface area contributed by atoms with E-state index in [4.69, 9.17) is 14.2 Å². The number of amides is 2. The molecule has 0 aliphatic heterocycles. The fourth-order valence-corrected chi connectivity index (χ4v) is 2.41. The number of nitrogens with zero attached hydrogens (tertiary/aromatic N) is 2. The summed E-state index contributed by atoms with van der Waals surface area (Å²) >= 11 is 0. The molecule has 2 amide bonds. The molecule has 9 heteroatoms. The minimum absolute atomic E-state index is 0.0642. The van der Waals surface area contributed by atoms with Crippen LogP contribution in [-0.2, 0) is 23.8 Å². The van der Waals surface area contributed by atoms with E-state index >= 15 is 0 Å². The van der Waals surface area contributed by atoms with Crippen LogP contribution < -0.4 is 0 Å². The second kappa shape index (κ2) is 11.9. The zero-order chi connectivity index (χ0) is 24.6. The molecule has 0 aromatic heterocycles. The molecule has 180 valence electrons. The van der Waals surface area contributed by atoms with Gasteiger partial charge in [0.25, 0.3) is 0 Å². The number of hydrogen-bond acceptors (Lipinski definition) is 7. The molecule has 9 nitrogen and oxygen atoms in total. The van der Waals surface area contributed by atoms with E-state index in [-0.39, 0.29) is 38.0 Å². The Morgan fingerprint density at radius 3 is 1.16 bits per heavy atom. The maximum absolute atomic E-state index is 12.3. The molecule has 0 aliphatic rings. The van der Waals surface area contributed by atoms with Crippen molar-refractivity contribution in [2.75, 3.05) is 13.1 Å².